The van der Waals surface area contributed by atoms with Crippen LogP contribution in [0.15, 0.2) is 78.0 Å². The van der Waals surface area contributed by atoms with E-state index in [0.717, 1.165) is 23.2 Å². The Morgan fingerprint density at radius 2 is 1.60 bits per heavy atom. The Kier molecular flexibility index (Phi) is 5.14. The third kappa shape index (κ3) is 4.90. The van der Waals surface area contributed by atoms with E-state index in [9.17, 15) is 8.42 Å². The molecule has 0 atom stereocenters. The van der Waals surface area contributed by atoms with Crippen molar-refractivity contribution in [1.82, 2.24) is 4.98 Å². The Bertz CT molecular complexity index is 937. The minimum atomic E-state index is -3.15. The summed E-state index contributed by atoms with van der Waals surface area (Å²) in [4.78, 5) is 4.63. The zero-order valence-corrected chi connectivity index (χ0v) is 14.8. The van der Waals surface area contributed by atoms with E-state index in [4.69, 9.17) is 0 Å². The summed E-state index contributed by atoms with van der Waals surface area (Å²) >= 11 is 0. The third-order valence-electron chi connectivity index (χ3n) is 3.89. The molecule has 0 radical (unpaired) electrons. The van der Waals surface area contributed by atoms with Gasteiger partial charge in [0.15, 0.2) is 9.84 Å². The van der Waals surface area contributed by atoms with Crippen molar-refractivity contribution in [2.24, 2.45) is 0 Å². The molecule has 0 saturated carbocycles. The van der Waals surface area contributed by atoms with Gasteiger partial charge in [0, 0.05) is 25.2 Å². The molecule has 0 aliphatic rings. The average molecular weight is 352 g/mol. The second-order valence-corrected chi connectivity index (χ2v) is 8.03. The predicted molar refractivity (Wildman–Crippen MR) is 100 cm³/mol. The van der Waals surface area contributed by atoms with Gasteiger partial charge in [-0.3, -0.25) is 4.98 Å². The Morgan fingerprint density at radius 3 is 2.28 bits per heavy atom. The lowest BCUT2D eigenvalue weighted by Gasteiger charge is -2.09. The standard InChI is InChI=1S/C20H20N2O2S/c1-25(23,24)20-9-7-17(8-10-20)14-22-19-12-18(13-21-15-19)11-16-5-3-2-4-6-16/h2-10,12-13,15,22H,11,14H2,1H3. The summed E-state index contributed by atoms with van der Waals surface area (Å²) in [7, 11) is -3.15. The van der Waals surface area contributed by atoms with Crippen LogP contribution in [-0.2, 0) is 22.8 Å². The molecule has 25 heavy (non-hydrogen) atoms. The lowest BCUT2D eigenvalue weighted by molar-refractivity contribution is 0.602. The molecule has 128 valence electrons. The van der Waals surface area contributed by atoms with Crippen LogP contribution in [0.25, 0.3) is 0 Å². The first kappa shape index (κ1) is 17.2. The molecule has 0 spiro atoms. The monoisotopic (exact) mass is 352 g/mol. The number of sulfone groups is 1. The van der Waals surface area contributed by atoms with E-state index in [2.05, 4.69) is 28.5 Å². The van der Waals surface area contributed by atoms with Crippen molar-refractivity contribution in [1.29, 1.82) is 0 Å². The minimum absolute atomic E-state index is 0.336. The summed E-state index contributed by atoms with van der Waals surface area (Å²) in [5.74, 6) is 0. The van der Waals surface area contributed by atoms with Gasteiger partial charge in [0.25, 0.3) is 0 Å². The fraction of sp³-hybridized carbons (Fsp3) is 0.150. The number of nitrogens with zero attached hydrogens (tertiary/aromatic N) is 1. The van der Waals surface area contributed by atoms with Crippen molar-refractivity contribution in [2.75, 3.05) is 11.6 Å². The van der Waals surface area contributed by atoms with Gasteiger partial charge in [0.05, 0.1) is 10.6 Å². The summed E-state index contributed by atoms with van der Waals surface area (Å²) in [6.45, 7) is 0.612. The molecular weight excluding hydrogens is 332 g/mol. The smallest absolute Gasteiger partial charge is 0.175 e. The van der Waals surface area contributed by atoms with Crippen LogP contribution in [0.2, 0.25) is 0 Å². The molecule has 4 nitrogen and oxygen atoms in total. The van der Waals surface area contributed by atoms with Crippen LogP contribution in [0, 0.1) is 0 Å². The average Bonchev–Trinajstić information content (AvgIpc) is 2.61. The molecule has 0 unspecified atom stereocenters. The molecule has 5 heteroatoms. The van der Waals surface area contributed by atoms with Gasteiger partial charge in [-0.25, -0.2) is 8.42 Å². The van der Waals surface area contributed by atoms with Crippen molar-refractivity contribution in [3.8, 4) is 0 Å². The number of pyridine rings is 1. The molecular formula is C20H20N2O2S. The van der Waals surface area contributed by atoms with Gasteiger partial charge in [-0.1, -0.05) is 42.5 Å². The number of hydrogen-bond donors (Lipinski definition) is 1. The van der Waals surface area contributed by atoms with Crippen LogP contribution in [-0.4, -0.2) is 19.7 Å². The topological polar surface area (TPSA) is 59.1 Å². The fourth-order valence-electron chi connectivity index (χ4n) is 2.57. The number of rotatable bonds is 6. The van der Waals surface area contributed by atoms with E-state index in [1.165, 1.54) is 11.8 Å². The van der Waals surface area contributed by atoms with E-state index in [1.54, 1.807) is 18.3 Å². The van der Waals surface area contributed by atoms with E-state index >= 15 is 0 Å². The van der Waals surface area contributed by atoms with Gasteiger partial charge in [0.2, 0.25) is 0 Å². The summed E-state index contributed by atoms with van der Waals surface area (Å²) in [5, 5.41) is 3.33. The lowest BCUT2D eigenvalue weighted by Crippen LogP contribution is -2.02. The molecule has 3 aromatic rings. The summed E-state index contributed by atoms with van der Waals surface area (Å²) < 4.78 is 23.0. The van der Waals surface area contributed by atoms with Gasteiger partial charge >= 0.3 is 0 Å². The highest BCUT2D eigenvalue weighted by atomic mass is 32.2. The Hall–Kier alpha value is -2.66. The van der Waals surface area contributed by atoms with Crippen LogP contribution in [0.5, 0.6) is 0 Å². The minimum Gasteiger partial charge on any atom is -0.380 e. The van der Waals surface area contributed by atoms with Gasteiger partial charge < -0.3 is 5.32 Å². The second kappa shape index (κ2) is 7.49. The molecule has 0 fully saturated rings. The van der Waals surface area contributed by atoms with Crippen molar-refractivity contribution in [3.63, 3.8) is 0 Å². The van der Waals surface area contributed by atoms with Crippen molar-refractivity contribution in [3.05, 3.63) is 89.7 Å². The van der Waals surface area contributed by atoms with E-state index < -0.39 is 9.84 Å². The van der Waals surface area contributed by atoms with E-state index in [-0.39, 0.29) is 0 Å². The highest BCUT2D eigenvalue weighted by Gasteiger charge is 2.06. The number of benzene rings is 2. The van der Waals surface area contributed by atoms with Crippen LogP contribution in [0.4, 0.5) is 5.69 Å². The maximum Gasteiger partial charge on any atom is 0.175 e. The molecule has 0 amide bonds. The number of hydrogen-bond acceptors (Lipinski definition) is 4. The highest BCUT2D eigenvalue weighted by Crippen LogP contribution is 2.15. The van der Waals surface area contributed by atoms with Gasteiger partial charge in [-0.2, -0.15) is 0 Å². The molecule has 0 aliphatic heterocycles. The maximum atomic E-state index is 11.5. The van der Waals surface area contributed by atoms with Crippen LogP contribution >= 0.6 is 0 Å². The van der Waals surface area contributed by atoms with Crippen LogP contribution < -0.4 is 5.32 Å². The molecule has 3 rings (SSSR count). The molecule has 1 aromatic heterocycles. The normalized spacial score (nSPS) is 11.2. The van der Waals surface area contributed by atoms with Gasteiger partial charge in [-0.05, 0) is 41.3 Å². The predicted octanol–water partition coefficient (Wildman–Crippen LogP) is 3.69. The van der Waals surface area contributed by atoms with Crippen LogP contribution in [0.1, 0.15) is 16.7 Å². The van der Waals surface area contributed by atoms with Crippen LogP contribution in [0.3, 0.4) is 0 Å². The fourth-order valence-corrected chi connectivity index (χ4v) is 3.20. The summed E-state index contributed by atoms with van der Waals surface area (Å²) in [6, 6.07) is 19.3. The summed E-state index contributed by atoms with van der Waals surface area (Å²) in [6.07, 6.45) is 5.72. The first-order valence-electron chi connectivity index (χ1n) is 8.01. The SMILES string of the molecule is CS(=O)(=O)c1ccc(CNc2cncc(Cc3ccccc3)c2)cc1. The summed E-state index contributed by atoms with van der Waals surface area (Å²) in [5.41, 5.74) is 4.35. The molecule has 1 heterocycles. The largest absolute Gasteiger partial charge is 0.380 e. The van der Waals surface area contributed by atoms with Crippen molar-refractivity contribution < 1.29 is 8.42 Å². The molecule has 1 N–H and O–H groups in total. The Morgan fingerprint density at radius 1 is 0.880 bits per heavy atom. The maximum absolute atomic E-state index is 11.5. The molecule has 0 aliphatic carbocycles. The first-order valence-corrected chi connectivity index (χ1v) is 9.90. The lowest BCUT2D eigenvalue weighted by atomic mass is 10.1. The zero-order valence-electron chi connectivity index (χ0n) is 14.0. The first-order chi connectivity index (χ1) is 12.0. The van der Waals surface area contributed by atoms with Gasteiger partial charge in [0.1, 0.15) is 0 Å². The molecule has 2 aromatic carbocycles. The number of anilines is 1. The molecule has 0 saturated heterocycles. The van der Waals surface area contributed by atoms with Crippen molar-refractivity contribution in [2.45, 2.75) is 17.9 Å². The van der Waals surface area contributed by atoms with Crippen molar-refractivity contribution >= 4 is 15.5 Å². The third-order valence-corrected chi connectivity index (χ3v) is 5.02. The number of aromatic nitrogens is 1. The quantitative estimate of drug-likeness (QED) is 0.735. The Labute approximate surface area is 148 Å². The molecule has 0 bridgehead atoms. The van der Waals surface area contributed by atoms with E-state index in [0.29, 0.717) is 11.4 Å². The van der Waals surface area contributed by atoms with Gasteiger partial charge in [-0.15, -0.1) is 0 Å². The Balaban J connectivity index is 1.64. The second-order valence-electron chi connectivity index (χ2n) is 6.01. The van der Waals surface area contributed by atoms with E-state index in [1.807, 2.05) is 36.5 Å². The zero-order chi connectivity index (χ0) is 17.7. The number of nitrogens with one attached hydrogen (secondary N) is 1. The highest BCUT2D eigenvalue weighted by molar-refractivity contribution is 7.90.